The van der Waals surface area contributed by atoms with Crippen LogP contribution in [0.2, 0.25) is 0 Å². The smallest absolute Gasteiger partial charge is 0.264 e. The van der Waals surface area contributed by atoms with Crippen molar-refractivity contribution in [2.24, 2.45) is 0 Å². The number of hydrogen-bond acceptors (Lipinski definition) is 2. The molecule has 0 aliphatic rings. The molecule has 0 aromatic rings. The minimum atomic E-state index is -3.74. The molecule has 0 radical (unpaired) electrons. The predicted molar refractivity (Wildman–Crippen MR) is 81.1 cm³/mol. The molecule has 0 bridgehead atoms. The Morgan fingerprint density at radius 3 is 1.32 bits per heavy atom. The molecular formula is C14H32O4S. The highest BCUT2D eigenvalue weighted by atomic mass is 32.2. The van der Waals surface area contributed by atoms with Crippen molar-refractivity contribution in [1.29, 1.82) is 0 Å². The maximum Gasteiger partial charge on any atom is 0.264 e. The Balaban J connectivity index is 0. The van der Waals surface area contributed by atoms with E-state index in [4.69, 9.17) is 4.55 Å². The molecule has 19 heavy (non-hydrogen) atoms. The molecule has 0 atom stereocenters. The Bertz CT molecular complexity index is 263. The molecule has 118 valence electrons. The monoisotopic (exact) mass is 296 g/mol. The summed E-state index contributed by atoms with van der Waals surface area (Å²) < 4.78 is 29.5. The van der Waals surface area contributed by atoms with E-state index in [-0.39, 0.29) is 11.2 Å². The van der Waals surface area contributed by atoms with Crippen LogP contribution in [0.1, 0.15) is 84.0 Å². The van der Waals surface area contributed by atoms with Crippen LogP contribution >= 0.6 is 0 Å². The van der Waals surface area contributed by atoms with E-state index in [1.165, 1.54) is 57.8 Å². The third-order valence-corrected chi connectivity index (χ3v) is 4.06. The van der Waals surface area contributed by atoms with Crippen LogP contribution in [0.25, 0.3) is 0 Å². The molecule has 0 saturated heterocycles. The Labute approximate surface area is 119 Å². The van der Waals surface area contributed by atoms with Crippen molar-refractivity contribution in [3.05, 3.63) is 0 Å². The summed E-state index contributed by atoms with van der Waals surface area (Å²) in [6.45, 7) is 2.24. The zero-order valence-electron chi connectivity index (χ0n) is 12.4. The molecule has 0 fully saturated rings. The lowest BCUT2D eigenvalue weighted by Crippen LogP contribution is -2.03. The highest BCUT2D eigenvalue weighted by Gasteiger charge is 2.02. The van der Waals surface area contributed by atoms with E-state index in [9.17, 15) is 8.42 Å². The lowest BCUT2D eigenvalue weighted by molar-refractivity contribution is 0.478. The van der Waals surface area contributed by atoms with Gasteiger partial charge >= 0.3 is 0 Å². The predicted octanol–water partition coefficient (Wildman–Crippen LogP) is 3.75. The summed E-state index contributed by atoms with van der Waals surface area (Å²) in [6, 6.07) is 0. The molecular weight excluding hydrogens is 264 g/mol. The number of rotatable bonds is 13. The van der Waals surface area contributed by atoms with Gasteiger partial charge in [0.1, 0.15) is 0 Å². The SMILES string of the molecule is CCCCCCCCCCCCCCS(=O)(=O)O.O. The van der Waals surface area contributed by atoms with Gasteiger partial charge in [0.05, 0.1) is 5.75 Å². The molecule has 4 nitrogen and oxygen atoms in total. The lowest BCUT2D eigenvalue weighted by Gasteiger charge is -2.02. The van der Waals surface area contributed by atoms with Gasteiger partial charge in [-0.2, -0.15) is 8.42 Å². The van der Waals surface area contributed by atoms with Gasteiger partial charge in [0.15, 0.2) is 0 Å². The van der Waals surface area contributed by atoms with E-state index in [2.05, 4.69) is 6.92 Å². The molecule has 0 aromatic carbocycles. The van der Waals surface area contributed by atoms with E-state index in [0.29, 0.717) is 6.42 Å². The molecule has 0 heterocycles. The summed E-state index contributed by atoms with van der Waals surface area (Å²) in [4.78, 5) is 0. The third kappa shape index (κ3) is 20.4. The highest BCUT2D eigenvalue weighted by molar-refractivity contribution is 7.85. The first-order valence-corrected chi connectivity index (χ1v) is 9.12. The van der Waals surface area contributed by atoms with Gasteiger partial charge in [-0.15, -0.1) is 0 Å². The normalized spacial score (nSPS) is 11.3. The molecule has 5 heteroatoms. The Morgan fingerprint density at radius 1 is 0.684 bits per heavy atom. The number of unbranched alkanes of at least 4 members (excludes halogenated alkanes) is 11. The second kappa shape index (κ2) is 14.3. The quantitative estimate of drug-likeness (QED) is 0.415. The van der Waals surface area contributed by atoms with Gasteiger partial charge in [0.25, 0.3) is 10.1 Å². The van der Waals surface area contributed by atoms with Gasteiger partial charge in [0.2, 0.25) is 0 Å². The van der Waals surface area contributed by atoms with Crippen molar-refractivity contribution in [3.8, 4) is 0 Å². The first kappa shape index (κ1) is 21.2. The molecule has 0 rings (SSSR count). The first-order valence-electron chi connectivity index (χ1n) is 7.51. The largest absolute Gasteiger partial charge is 0.412 e. The molecule has 0 aliphatic heterocycles. The fourth-order valence-corrected chi connectivity index (χ4v) is 2.69. The van der Waals surface area contributed by atoms with Crippen LogP contribution in [0, 0.1) is 0 Å². The van der Waals surface area contributed by atoms with Crippen LogP contribution in [0.15, 0.2) is 0 Å². The summed E-state index contributed by atoms with van der Waals surface area (Å²) in [5, 5.41) is 0. The molecule has 0 amide bonds. The van der Waals surface area contributed by atoms with Crippen LogP contribution in [0.3, 0.4) is 0 Å². The van der Waals surface area contributed by atoms with Crippen LogP contribution in [-0.2, 0) is 10.1 Å². The molecule has 0 unspecified atom stereocenters. The molecule has 0 spiro atoms. The van der Waals surface area contributed by atoms with E-state index in [1.807, 2.05) is 0 Å². The van der Waals surface area contributed by atoms with Gasteiger partial charge in [0, 0.05) is 0 Å². The maximum atomic E-state index is 10.5. The van der Waals surface area contributed by atoms with E-state index < -0.39 is 10.1 Å². The van der Waals surface area contributed by atoms with Gasteiger partial charge in [-0.25, -0.2) is 0 Å². The minimum Gasteiger partial charge on any atom is -0.412 e. The standard InChI is InChI=1S/C14H30O3S.H2O/c1-2-3-4-5-6-7-8-9-10-11-12-13-14-18(15,16)17;/h2-14H2,1H3,(H,15,16,17);1H2. The topological polar surface area (TPSA) is 85.9 Å². The van der Waals surface area contributed by atoms with Gasteiger partial charge < -0.3 is 5.48 Å². The van der Waals surface area contributed by atoms with Crippen molar-refractivity contribution in [3.63, 3.8) is 0 Å². The van der Waals surface area contributed by atoms with Crippen molar-refractivity contribution < 1.29 is 18.4 Å². The van der Waals surface area contributed by atoms with Crippen molar-refractivity contribution >= 4 is 10.1 Å². The van der Waals surface area contributed by atoms with Crippen molar-refractivity contribution in [1.82, 2.24) is 0 Å². The van der Waals surface area contributed by atoms with Gasteiger partial charge in [-0.05, 0) is 6.42 Å². The summed E-state index contributed by atoms with van der Waals surface area (Å²) in [6.07, 6.45) is 14.5. The highest BCUT2D eigenvalue weighted by Crippen LogP contribution is 2.12. The Hall–Kier alpha value is -0.130. The molecule has 0 aliphatic carbocycles. The fourth-order valence-electron chi connectivity index (χ4n) is 2.13. The van der Waals surface area contributed by atoms with Crippen LogP contribution in [0.4, 0.5) is 0 Å². The molecule has 0 saturated carbocycles. The van der Waals surface area contributed by atoms with Crippen molar-refractivity contribution in [2.75, 3.05) is 5.75 Å². The van der Waals surface area contributed by atoms with E-state index in [1.54, 1.807) is 0 Å². The van der Waals surface area contributed by atoms with Crippen LogP contribution in [-0.4, -0.2) is 24.2 Å². The minimum absolute atomic E-state index is 0. The van der Waals surface area contributed by atoms with Crippen LogP contribution < -0.4 is 0 Å². The second-order valence-corrected chi connectivity index (χ2v) is 6.75. The van der Waals surface area contributed by atoms with E-state index in [0.717, 1.165) is 12.8 Å². The third-order valence-electron chi connectivity index (χ3n) is 3.26. The average molecular weight is 296 g/mol. The summed E-state index contributed by atoms with van der Waals surface area (Å²) in [5.41, 5.74) is 0. The zero-order chi connectivity index (χ0) is 13.7. The van der Waals surface area contributed by atoms with Crippen molar-refractivity contribution in [2.45, 2.75) is 84.0 Å². The maximum absolute atomic E-state index is 10.5. The molecule has 0 aromatic heterocycles. The van der Waals surface area contributed by atoms with Gasteiger partial charge in [-0.1, -0.05) is 77.6 Å². The number of hydrogen-bond donors (Lipinski definition) is 1. The van der Waals surface area contributed by atoms with Crippen LogP contribution in [0.5, 0.6) is 0 Å². The Kier molecular flexibility index (Phi) is 15.9. The van der Waals surface area contributed by atoms with Gasteiger partial charge in [-0.3, -0.25) is 4.55 Å². The van der Waals surface area contributed by atoms with E-state index >= 15 is 0 Å². The fraction of sp³-hybridized carbons (Fsp3) is 1.00. The second-order valence-electron chi connectivity index (χ2n) is 5.18. The zero-order valence-corrected chi connectivity index (χ0v) is 13.2. The Morgan fingerprint density at radius 2 is 1.00 bits per heavy atom. The summed E-state index contributed by atoms with van der Waals surface area (Å²) in [7, 11) is -3.74. The first-order chi connectivity index (χ1) is 8.56. The summed E-state index contributed by atoms with van der Waals surface area (Å²) >= 11 is 0. The summed E-state index contributed by atoms with van der Waals surface area (Å²) in [5.74, 6) is -0.0789. The molecule has 3 N–H and O–H groups in total. The average Bonchev–Trinajstić information content (AvgIpc) is 2.29. The lowest BCUT2D eigenvalue weighted by atomic mass is 10.1.